The summed E-state index contributed by atoms with van der Waals surface area (Å²) in [5.74, 6) is -1.64. The van der Waals surface area contributed by atoms with Gasteiger partial charge in [-0.15, -0.1) is 11.3 Å². The van der Waals surface area contributed by atoms with Crippen LogP contribution in [0.1, 0.15) is 5.56 Å². The van der Waals surface area contributed by atoms with E-state index < -0.39 is 17.3 Å². The molecule has 0 aromatic carbocycles. The van der Waals surface area contributed by atoms with Crippen LogP contribution in [-0.4, -0.2) is 30.2 Å². The van der Waals surface area contributed by atoms with Crippen LogP contribution in [0, 0.1) is 12.3 Å². The Morgan fingerprint density at radius 1 is 1.56 bits per heavy atom. The Labute approximate surface area is 96.0 Å². The molecule has 1 aliphatic rings. The van der Waals surface area contributed by atoms with E-state index in [1.165, 1.54) is 11.3 Å². The second kappa shape index (κ2) is 3.88. The monoisotopic (exact) mass is 241 g/mol. The number of ether oxygens (including phenoxy) is 1. The van der Waals surface area contributed by atoms with Gasteiger partial charge in [0.1, 0.15) is 0 Å². The molecule has 0 spiro atoms. The molecule has 1 saturated heterocycles. The van der Waals surface area contributed by atoms with E-state index >= 15 is 0 Å². The molecule has 2 rings (SSSR count). The number of rotatable bonds is 3. The molecule has 1 aromatic heterocycles. The average molecular weight is 241 g/mol. The molecular weight excluding hydrogens is 230 g/mol. The van der Waals surface area contributed by atoms with Gasteiger partial charge < -0.3 is 15.2 Å². The highest BCUT2D eigenvalue weighted by molar-refractivity contribution is 7.14. The van der Waals surface area contributed by atoms with Gasteiger partial charge in [0.25, 0.3) is 0 Å². The summed E-state index contributed by atoms with van der Waals surface area (Å²) in [5.41, 5.74) is -0.477. The van der Waals surface area contributed by atoms with Crippen molar-refractivity contribution in [2.75, 3.05) is 18.5 Å². The van der Waals surface area contributed by atoms with Gasteiger partial charge in [-0.3, -0.25) is 9.59 Å². The molecule has 0 saturated carbocycles. The zero-order valence-corrected chi connectivity index (χ0v) is 9.47. The summed E-state index contributed by atoms with van der Waals surface area (Å²) in [5, 5.41) is 14.2. The van der Waals surface area contributed by atoms with Crippen LogP contribution >= 0.6 is 11.3 Å². The number of hydrogen-bond acceptors (Lipinski definition) is 4. The third-order valence-corrected chi connectivity index (χ3v) is 3.56. The number of carbonyl (C=O) groups is 2. The van der Waals surface area contributed by atoms with E-state index in [2.05, 4.69) is 5.32 Å². The fourth-order valence-electron chi connectivity index (χ4n) is 1.38. The lowest BCUT2D eigenvalue weighted by Gasteiger charge is -2.35. The van der Waals surface area contributed by atoms with Crippen LogP contribution in [0.4, 0.5) is 5.00 Å². The molecule has 2 heterocycles. The van der Waals surface area contributed by atoms with Crippen molar-refractivity contribution in [2.45, 2.75) is 6.92 Å². The second-order valence-electron chi connectivity index (χ2n) is 3.77. The van der Waals surface area contributed by atoms with Crippen molar-refractivity contribution in [1.82, 2.24) is 0 Å². The Balaban J connectivity index is 2.14. The minimum atomic E-state index is -1.41. The summed E-state index contributed by atoms with van der Waals surface area (Å²) in [4.78, 5) is 22.9. The standard InChI is InChI=1S/C10H11NO4S/c1-6-2-3-16-7(6)11-8(12)10(9(13)14)4-15-5-10/h2-3H,4-5H2,1H3,(H,11,12)(H,13,14). The van der Waals surface area contributed by atoms with Crippen molar-refractivity contribution in [3.05, 3.63) is 17.0 Å². The predicted molar refractivity (Wildman–Crippen MR) is 58.6 cm³/mol. The zero-order chi connectivity index (χ0) is 11.8. The Hall–Kier alpha value is -1.40. The van der Waals surface area contributed by atoms with Crippen LogP contribution in [0.2, 0.25) is 0 Å². The van der Waals surface area contributed by atoms with Crippen molar-refractivity contribution in [3.63, 3.8) is 0 Å². The number of amides is 1. The third-order valence-electron chi connectivity index (χ3n) is 2.63. The molecule has 5 nitrogen and oxygen atoms in total. The highest BCUT2D eigenvalue weighted by atomic mass is 32.1. The minimum absolute atomic E-state index is 0.0570. The van der Waals surface area contributed by atoms with Gasteiger partial charge >= 0.3 is 5.97 Å². The Kier molecular flexibility index (Phi) is 2.69. The first-order chi connectivity index (χ1) is 7.56. The van der Waals surface area contributed by atoms with Gasteiger partial charge in [-0.2, -0.15) is 0 Å². The molecule has 1 fully saturated rings. The van der Waals surface area contributed by atoms with Crippen LogP contribution in [0.25, 0.3) is 0 Å². The predicted octanol–water partition coefficient (Wildman–Crippen LogP) is 1.10. The van der Waals surface area contributed by atoms with Gasteiger partial charge in [0.05, 0.1) is 18.2 Å². The lowest BCUT2D eigenvalue weighted by Crippen LogP contribution is -2.57. The molecule has 86 valence electrons. The number of carbonyl (C=O) groups excluding carboxylic acids is 1. The van der Waals surface area contributed by atoms with E-state index in [0.717, 1.165) is 5.56 Å². The van der Waals surface area contributed by atoms with Crippen LogP contribution in [0.15, 0.2) is 11.4 Å². The summed E-state index contributed by atoms with van der Waals surface area (Å²) in [7, 11) is 0. The second-order valence-corrected chi connectivity index (χ2v) is 4.68. The van der Waals surface area contributed by atoms with E-state index in [1.807, 2.05) is 18.4 Å². The molecule has 6 heteroatoms. The topological polar surface area (TPSA) is 75.6 Å². The number of nitrogens with one attached hydrogen (secondary N) is 1. The molecule has 2 N–H and O–H groups in total. The van der Waals surface area contributed by atoms with Crippen molar-refractivity contribution in [1.29, 1.82) is 0 Å². The summed E-state index contributed by atoms with van der Waals surface area (Å²) in [6.07, 6.45) is 0. The number of aliphatic carboxylic acids is 1. The number of hydrogen-bond donors (Lipinski definition) is 2. The molecule has 1 aromatic rings. The first kappa shape index (κ1) is 11.1. The summed E-state index contributed by atoms with van der Waals surface area (Å²) in [6, 6.07) is 1.87. The molecule has 16 heavy (non-hydrogen) atoms. The van der Waals surface area contributed by atoms with E-state index in [9.17, 15) is 9.59 Å². The van der Waals surface area contributed by atoms with E-state index in [0.29, 0.717) is 5.00 Å². The SMILES string of the molecule is Cc1ccsc1NC(=O)C1(C(=O)O)COC1. The van der Waals surface area contributed by atoms with Gasteiger partial charge in [0.2, 0.25) is 5.91 Å². The molecule has 0 atom stereocenters. The fourth-order valence-corrected chi connectivity index (χ4v) is 2.20. The van der Waals surface area contributed by atoms with E-state index in [1.54, 1.807) is 0 Å². The summed E-state index contributed by atoms with van der Waals surface area (Å²) in [6.45, 7) is 1.74. The molecule has 1 amide bonds. The average Bonchev–Trinajstić information content (AvgIpc) is 2.48. The van der Waals surface area contributed by atoms with Crippen molar-refractivity contribution in [2.24, 2.45) is 5.41 Å². The first-order valence-corrected chi connectivity index (χ1v) is 5.61. The van der Waals surface area contributed by atoms with Gasteiger partial charge in [-0.1, -0.05) is 0 Å². The number of anilines is 1. The van der Waals surface area contributed by atoms with Crippen molar-refractivity contribution in [3.8, 4) is 0 Å². The lowest BCUT2D eigenvalue weighted by atomic mass is 9.85. The summed E-state index contributed by atoms with van der Waals surface area (Å²) < 4.78 is 4.83. The Bertz CT molecular complexity index is 436. The highest BCUT2D eigenvalue weighted by Crippen LogP contribution is 2.31. The first-order valence-electron chi connectivity index (χ1n) is 4.73. The quantitative estimate of drug-likeness (QED) is 0.777. The van der Waals surface area contributed by atoms with Gasteiger partial charge in [-0.05, 0) is 23.9 Å². The van der Waals surface area contributed by atoms with Crippen LogP contribution in [-0.2, 0) is 14.3 Å². The number of aryl methyl sites for hydroxylation is 1. The lowest BCUT2D eigenvalue weighted by molar-refractivity contribution is -0.182. The van der Waals surface area contributed by atoms with E-state index in [-0.39, 0.29) is 13.2 Å². The molecule has 0 aliphatic carbocycles. The fraction of sp³-hybridized carbons (Fsp3) is 0.400. The largest absolute Gasteiger partial charge is 0.480 e. The van der Waals surface area contributed by atoms with Crippen molar-refractivity contribution < 1.29 is 19.4 Å². The number of carboxylic acids is 1. The maximum atomic E-state index is 11.8. The number of thiophene rings is 1. The molecule has 0 unspecified atom stereocenters. The van der Waals surface area contributed by atoms with Gasteiger partial charge in [-0.25, -0.2) is 0 Å². The van der Waals surface area contributed by atoms with Crippen LogP contribution in [0.5, 0.6) is 0 Å². The Morgan fingerprint density at radius 2 is 2.25 bits per heavy atom. The highest BCUT2D eigenvalue weighted by Gasteiger charge is 2.53. The minimum Gasteiger partial charge on any atom is -0.480 e. The van der Waals surface area contributed by atoms with Crippen molar-refractivity contribution >= 4 is 28.2 Å². The van der Waals surface area contributed by atoms with Crippen LogP contribution in [0.3, 0.4) is 0 Å². The molecule has 0 radical (unpaired) electrons. The number of carboxylic acid groups (broad SMARTS) is 1. The molecule has 0 bridgehead atoms. The van der Waals surface area contributed by atoms with Crippen LogP contribution < -0.4 is 5.32 Å². The normalized spacial score (nSPS) is 17.6. The van der Waals surface area contributed by atoms with E-state index in [4.69, 9.17) is 9.84 Å². The molecular formula is C10H11NO4S. The zero-order valence-electron chi connectivity index (χ0n) is 8.65. The smallest absolute Gasteiger partial charge is 0.324 e. The third kappa shape index (κ3) is 1.60. The maximum Gasteiger partial charge on any atom is 0.324 e. The Morgan fingerprint density at radius 3 is 2.62 bits per heavy atom. The van der Waals surface area contributed by atoms with Gasteiger partial charge in [0, 0.05) is 0 Å². The van der Waals surface area contributed by atoms with Gasteiger partial charge in [0.15, 0.2) is 5.41 Å². The maximum absolute atomic E-state index is 11.8. The summed E-state index contributed by atoms with van der Waals surface area (Å²) >= 11 is 1.37. The molecule has 1 aliphatic heterocycles.